The summed E-state index contributed by atoms with van der Waals surface area (Å²) in [6.45, 7) is 2.15. The molecule has 2 aromatic rings. The Morgan fingerprint density at radius 3 is 2.65 bits per heavy atom. The Labute approximate surface area is 116 Å². The topological polar surface area (TPSA) is 55.2 Å². The van der Waals surface area contributed by atoms with Gasteiger partial charge in [-0.3, -0.25) is 9.59 Å². The summed E-state index contributed by atoms with van der Waals surface area (Å²) in [6, 6.07) is 9.51. The maximum atomic E-state index is 11.9. The molecule has 1 aromatic carbocycles. The van der Waals surface area contributed by atoms with Gasteiger partial charge >= 0.3 is 0 Å². The Balaban J connectivity index is 1.98. The number of para-hydroxylation sites is 1. The zero-order valence-corrected chi connectivity index (χ0v) is 11.2. The molecule has 0 bridgehead atoms. The number of rotatable bonds is 3. The van der Waals surface area contributed by atoms with Crippen LogP contribution in [0.15, 0.2) is 42.7 Å². The third-order valence-corrected chi connectivity index (χ3v) is 3.62. The van der Waals surface area contributed by atoms with Crippen LogP contribution < -0.4 is 0 Å². The fraction of sp³-hybridized carbons (Fsp3) is 0.267. The van der Waals surface area contributed by atoms with Crippen molar-refractivity contribution in [3.05, 3.63) is 48.3 Å². The lowest BCUT2D eigenvalue weighted by Crippen LogP contribution is -2.29. The van der Waals surface area contributed by atoms with Crippen molar-refractivity contribution >= 4 is 11.7 Å². The van der Waals surface area contributed by atoms with E-state index >= 15 is 0 Å². The number of Topliss-reactive ketones (excluding diaryl/α,β-unsaturated/α-hetero) is 1. The second-order valence-electron chi connectivity index (χ2n) is 4.92. The first kappa shape index (κ1) is 12.6. The molecular formula is C15H15N3O2. The smallest absolute Gasteiger partial charge is 0.231 e. The second-order valence-corrected chi connectivity index (χ2v) is 4.92. The quantitative estimate of drug-likeness (QED) is 0.797. The predicted octanol–water partition coefficient (Wildman–Crippen LogP) is 1.73. The van der Waals surface area contributed by atoms with E-state index in [1.54, 1.807) is 15.8 Å². The molecular weight excluding hydrogens is 254 g/mol. The Kier molecular flexibility index (Phi) is 3.10. The third-order valence-electron chi connectivity index (χ3n) is 3.62. The van der Waals surface area contributed by atoms with E-state index in [1.807, 2.05) is 43.5 Å². The van der Waals surface area contributed by atoms with Gasteiger partial charge < -0.3 is 4.90 Å². The molecule has 5 nitrogen and oxygen atoms in total. The van der Waals surface area contributed by atoms with Crippen molar-refractivity contribution in [3.8, 4) is 5.69 Å². The summed E-state index contributed by atoms with van der Waals surface area (Å²) in [7, 11) is 0. The molecule has 1 unspecified atom stereocenters. The highest BCUT2D eigenvalue weighted by Gasteiger charge is 2.32. The number of amides is 1. The average molecular weight is 269 g/mol. The van der Waals surface area contributed by atoms with Crippen LogP contribution in [0.4, 0.5) is 0 Å². The number of nitrogens with zero attached hydrogens (tertiary/aromatic N) is 3. The van der Waals surface area contributed by atoms with Crippen molar-refractivity contribution in [2.75, 3.05) is 6.54 Å². The molecule has 0 N–H and O–H groups in total. The lowest BCUT2D eigenvalue weighted by Gasteiger charge is -2.25. The standard InChI is InChI=1S/C15H15N3O2/c1-11(17-10-12(19)9-15(17)20)13-5-2-3-6-14(13)18-8-4-7-16-18/h2-8,11H,9-10H2,1H3. The zero-order chi connectivity index (χ0) is 14.1. The Hall–Kier alpha value is -2.43. The number of benzene rings is 1. The van der Waals surface area contributed by atoms with E-state index in [-0.39, 0.29) is 30.7 Å². The van der Waals surface area contributed by atoms with E-state index in [0.29, 0.717) is 0 Å². The Bertz CT molecular complexity index is 649. The van der Waals surface area contributed by atoms with Crippen LogP contribution in [-0.2, 0) is 9.59 Å². The van der Waals surface area contributed by atoms with Gasteiger partial charge in [-0.2, -0.15) is 5.10 Å². The molecule has 1 amide bonds. The molecule has 1 saturated heterocycles. The van der Waals surface area contributed by atoms with Gasteiger partial charge in [0.15, 0.2) is 5.78 Å². The van der Waals surface area contributed by atoms with Crippen molar-refractivity contribution in [2.24, 2.45) is 0 Å². The minimum atomic E-state index is -0.144. The van der Waals surface area contributed by atoms with Crippen molar-refractivity contribution in [1.29, 1.82) is 0 Å². The highest BCUT2D eigenvalue weighted by atomic mass is 16.2. The van der Waals surface area contributed by atoms with E-state index in [4.69, 9.17) is 0 Å². The van der Waals surface area contributed by atoms with Crippen LogP contribution in [0.2, 0.25) is 0 Å². The molecule has 5 heteroatoms. The molecule has 0 spiro atoms. The summed E-state index contributed by atoms with van der Waals surface area (Å²) >= 11 is 0. The van der Waals surface area contributed by atoms with Gasteiger partial charge in [-0.1, -0.05) is 18.2 Å². The van der Waals surface area contributed by atoms with E-state index in [0.717, 1.165) is 11.3 Å². The van der Waals surface area contributed by atoms with Gasteiger partial charge in [0, 0.05) is 18.0 Å². The van der Waals surface area contributed by atoms with Crippen LogP contribution in [0.5, 0.6) is 0 Å². The molecule has 1 fully saturated rings. The third kappa shape index (κ3) is 2.11. The van der Waals surface area contributed by atoms with Crippen molar-refractivity contribution in [1.82, 2.24) is 14.7 Å². The van der Waals surface area contributed by atoms with Gasteiger partial charge in [0.1, 0.15) is 0 Å². The van der Waals surface area contributed by atoms with Crippen LogP contribution >= 0.6 is 0 Å². The highest BCUT2D eigenvalue weighted by Crippen LogP contribution is 2.28. The van der Waals surface area contributed by atoms with Crippen LogP contribution in [-0.4, -0.2) is 32.9 Å². The van der Waals surface area contributed by atoms with Gasteiger partial charge in [0.05, 0.1) is 24.7 Å². The number of hydrogen-bond donors (Lipinski definition) is 0. The number of carbonyl (C=O) groups excluding carboxylic acids is 2. The number of carbonyl (C=O) groups is 2. The molecule has 3 rings (SSSR count). The highest BCUT2D eigenvalue weighted by molar-refractivity contribution is 6.05. The molecule has 20 heavy (non-hydrogen) atoms. The SMILES string of the molecule is CC(c1ccccc1-n1cccn1)N1CC(=O)CC1=O. The molecule has 102 valence electrons. The molecule has 0 radical (unpaired) electrons. The minimum Gasteiger partial charge on any atom is -0.328 e. The van der Waals surface area contributed by atoms with Crippen LogP contribution in [0.3, 0.4) is 0 Å². The van der Waals surface area contributed by atoms with Gasteiger partial charge in [0.25, 0.3) is 0 Å². The molecule has 1 aliphatic rings. The summed E-state index contributed by atoms with van der Waals surface area (Å²) in [5.74, 6) is -0.115. The summed E-state index contributed by atoms with van der Waals surface area (Å²) in [5.41, 5.74) is 1.91. The maximum Gasteiger partial charge on any atom is 0.231 e. The fourth-order valence-corrected chi connectivity index (χ4v) is 2.59. The lowest BCUT2D eigenvalue weighted by molar-refractivity contribution is -0.129. The first-order valence-electron chi connectivity index (χ1n) is 6.57. The molecule has 1 aromatic heterocycles. The average Bonchev–Trinajstić information content (AvgIpc) is 3.07. The molecule has 1 aliphatic heterocycles. The van der Waals surface area contributed by atoms with Gasteiger partial charge in [-0.05, 0) is 19.1 Å². The maximum absolute atomic E-state index is 11.9. The minimum absolute atomic E-state index is 0.0154. The van der Waals surface area contributed by atoms with Crippen LogP contribution in [0.1, 0.15) is 24.9 Å². The van der Waals surface area contributed by atoms with Gasteiger partial charge in [0.2, 0.25) is 5.91 Å². The van der Waals surface area contributed by atoms with E-state index in [1.165, 1.54) is 0 Å². The first-order chi connectivity index (χ1) is 9.66. The van der Waals surface area contributed by atoms with Crippen LogP contribution in [0.25, 0.3) is 5.69 Å². The monoisotopic (exact) mass is 269 g/mol. The first-order valence-corrected chi connectivity index (χ1v) is 6.57. The van der Waals surface area contributed by atoms with E-state index in [2.05, 4.69) is 5.10 Å². The fourth-order valence-electron chi connectivity index (χ4n) is 2.59. The molecule has 1 atom stereocenters. The summed E-state index contributed by atoms with van der Waals surface area (Å²) in [6.07, 6.45) is 3.60. The number of likely N-dealkylation sites (tertiary alicyclic amines) is 1. The van der Waals surface area contributed by atoms with E-state index < -0.39 is 0 Å². The van der Waals surface area contributed by atoms with Crippen LogP contribution in [0, 0.1) is 0 Å². The Morgan fingerprint density at radius 1 is 1.20 bits per heavy atom. The zero-order valence-electron chi connectivity index (χ0n) is 11.2. The summed E-state index contributed by atoms with van der Waals surface area (Å²) < 4.78 is 1.77. The van der Waals surface area contributed by atoms with Crippen molar-refractivity contribution in [3.63, 3.8) is 0 Å². The van der Waals surface area contributed by atoms with Gasteiger partial charge in [-0.25, -0.2) is 4.68 Å². The molecule has 0 aliphatic carbocycles. The Morgan fingerprint density at radius 2 is 2.00 bits per heavy atom. The predicted molar refractivity (Wildman–Crippen MR) is 73.3 cm³/mol. The number of hydrogen-bond acceptors (Lipinski definition) is 3. The van der Waals surface area contributed by atoms with Crippen molar-refractivity contribution < 1.29 is 9.59 Å². The second kappa shape index (κ2) is 4.92. The summed E-state index contributed by atoms with van der Waals surface area (Å²) in [4.78, 5) is 24.9. The van der Waals surface area contributed by atoms with E-state index in [9.17, 15) is 9.59 Å². The normalized spacial score (nSPS) is 16.8. The number of ketones is 1. The largest absolute Gasteiger partial charge is 0.328 e. The van der Waals surface area contributed by atoms with Gasteiger partial charge in [-0.15, -0.1) is 0 Å². The summed E-state index contributed by atoms with van der Waals surface area (Å²) in [5, 5.41) is 4.24. The molecule has 0 saturated carbocycles. The molecule has 2 heterocycles. The number of aromatic nitrogens is 2. The lowest BCUT2D eigenvalue weighted by atomic mass is 10.0. The van der Waals surface area contributed by atoms with Crippen molar-refractivity contribution in [2.45, 2.75) is 19.4 Å².